The minimum Gasteiger partial charge on any atom is -0.353 e. The summed E-state index contributed by atoms with van der Waals surface area (Å²) in [4.78, 5) is 10.8. The third-order valence-electron chi connectivity index (χ3n) is 2.50. The topological polar surface area (TPSA) is 67.1 Å². The second-order valence-corrected chi connectivity index (χ2v) is 3.48. The molecule has 1 saturated heterocycles. The van der Waals surface area contributed by atoms with Crippen LogP contribution in [0.1, 0.15) is 0 Å². The highest BCUT2D eigenvalue weighted by Crippen LogP contribution is 2.14. The lowest BCUT2D eigenvalue weighted by atomic mass is 10.4. The first-order valence-electron chi connectivity index (χ1n) is 4.96. The van der Waals surface area contributed by atoms with Gasteiger partial charge in [0.05, 0.1) is 12.4 Å². The monoisotopic (exact) mass is 205 g/mol. The fourth-order valence-electron chi connectivity index (χ4n) is 1.69. The molecule has 0 atom stereocenters. The smallest absolute Gasteiger partial charge is 0.226 e. The Morgan fingerprint density at radius 3 is 3.00 bits per heavy atom. The highest BCUT2D eigenvalue weighted by atomic mass is 16.5. The fraction of sp³-hybridized carbons (Fsp3) is 0.444. The molecule has 1 aliphatic rings. The zero-order chi connectivity index (χ0) is 10.1. The third kappa shape index (κ3) is 1.52. The van der Waals surface area contributed by atoms with Crippen LogP contribution in [0.15, 0.2) is 16.9 Å². The van der Waals surface area contributed by atoms with Gasteiger partial charge in [-0.15, -0.1) is 0 Å². The van der Waals surface area contributed by atoms with Gasteiger partial charge in [-0.1, -0.05) is 5.16 Å². The van der Waals surface area contributed by atoms with Gasteiger partial charge in [-0.25, -0.2) is 9.97 Å². The van der Waals surface area contributed by atoms with Crippen molar-refractivity contribution in [2.75, 3.05) is 31.1 Å². The Morgan fingerprint density at radius 2 is 2.13 bits per heavy atom. The highest BCUT2D eigenvalue weighted by molar-refractivity contribution is 5.71. The number of rotatable bonds is 1. The highest BCUT2D eigenvalue weighted by Gasteiger charge is 2.13. The number of hydrogen-bond acceptors (Lipinski definition) is 6. The maximum Gasteiger partial charge on any atom is 0.226 e. The van der Waals surface area contributed by atoms with Crippen molar-refractivity contribution in [3.8, 4) is 0 Å². The molecular formula is C9H11N5O. The van der Waals surface area contributed by atoms with Crippen molar-refractivity contribution in [3.05, 3.63) is 12.4 Å². The van der Waals surface area contributed by atoms with Gasteiger partial charge < -0.3 is 14.7 Å². The van der Waals surface area contributed by atoms with E-state index in [-0.39, 0.29) is 0 Å². The van der Waals surface area contributed by atoms with Gasteiger partial charge in [0.25, 0.3) is 0 Å². The second kappa shape index (κ2) is 3.47. The van der Waals surface area contributed by atoms with Gasteiger partial charge in [-0.3, -0.25) is 0 Å². The lowest BCUT2D eigenvalue weighted by Crippen LogP contribution is -2.44. The molecule has 0 unspecified atom stereocenters. The van der Waals surface area contributed by atoms with E-state index in [4.69, 9.17) is 4.52 Å². The molecule has 1 N–H and O–H groups in total. The summed E-state index contributed by atoms with van der Waals surface area (Å²) in [5.41, 5.74) is 1.40. The minimum atomic E-state index is 0.633. The molecule has 1 fully saturated rings. The van der Waals surface area contributed by atoms with Crippen molar-refractivity contribution >= 4 is 17.0 Å². The summed E-state index contributed by atoms with van der Waals surface area (Å²) in [6, 6.07) is 0. The number of piperazine rings is 1. The molecule has 15 heavy (non-hydrogen) atoms. The van der Waals surface area contributed by atoms with Crippen molar-refractivity contribution in [2.45, 2.75) is 0 Å². The van der Waals surface area contributed by atoms with Gasteiger partial charge in [0.2, 0.25) is 11.5 Å². The standard InChI is InChI=1S/C9H11N5O/c1-3-14(4-2-10-1)9-11-6-8-7(13-9)5-12-15-8/h5-6,10H,1-4H2. The number of hydrogen-bond donors (Lipinski definition) is 1. The van der Waals surface area contributed by atoms with Crippen LogP contribution in [0.5, 0.6) is 0 Å². The van der Waals surface area contributed by atoms with Crippen LogP contribution in [0.4, 0.5) is 5.95 Å². The molecule has 2 aromatic heterocycles. The Labute approximate surface area is 86.3 Å². The zero-order valence-corrected chi connectivity index (χ0v) is 8.18. The summed E-state index contributed by atoms with van der Waals surface area (Å²) >= 11 is 0. The molecule has 0 aliphatic carbocycles. The van der Waals surface area contributed by atoms with Crippen molar-refractivity contribution in [2.24, 2.45) is 0 Å². The number of aromatic nitrogens is 3. The maximum absolute atomic E-state index is 4.95. The third-order valence-corrected chi connectivity index (χ3v) is 2.50. The summed E-state index contributed by atoms with van der Waals surface area (Å²) in [6.45, 7) is 3.84. The average Bonchev–Trinajstić information content (AvgIpc) is 2.77. The van der Waals surface area contributed by atoms with E-state index in [0.29, 0.717) is 5.58 Å². The molecular weight excluding hydrogens is 194 g/mol. The molecule has 0 saturated carbocycles. The molecule has 0 radical (unpaired) electrons. The summed E-state index contributed by atoms with van der Waals surface area (Å²) in [7, 11) is 0. The fourth-order valence-corrected chi connectivity index (χ4v) is 1.69. The summed E-state index contributed by atoms with van der Waals surface area (Å²) in [6.07, 6.45) is 3.29. The van der Waals surface area contributed by atoms with Gasteiger partial charge >= 0.3 is 0 Å². The lowest BCUT2D eigenvalue weighted by molar-refractivity contribution is 0.455. The molecule has 6 heteroatoms. The van der Waals surface area contributed by atoms with Crippen LogP contribution < -0.4 is 10.2 Å². The molecule has 1 aliphatic heterocycles. The summed E-state index contributed by atoms with van der Waals surface area (Å²) < 4.78 is 4.95. The van der Waals surface area contributed by atoms with Gasteiger partial charge in [0, 0.05) is 26.2 Å². The molecule has 0 amide bonds. The summed E-state index contributed by atoms with van der Waals surface area (Å²) in [5.74, 6) is 0.757. The van der Waals surface area contributed by atoms with E-state index >= 15 is 0 Å². The van der Waals surface area contributed by atoms with E-state index in [0.717, 1.165) is 37.6 Å². The molecule has 2 aromatic rings. The van der Waals surface area contributed by atoms with E-state index in [9.17, 15) is 0 Å². The van der Waals surface area contributed by atoms with Crippen LogP contribution in [0, 0.1) is 0 Å². The first kappa shape index (κ1) is 8.60. The van der Waals surface area contributed by atoms with Crippen LogP contribution >= 0.6 is 0 Å². The second-order valence-electron chi connectivity index (χ2n) is 3.48. The molecule has 3 rings (SSSR count). The van der Waals surface area contributed by atoms with E-state index in [2.05, 4.69) is 25.3 Å². The molecule has 0 spiro atoms. The van der Waals surface area contributed by atoms with Crippen LogP contribution in [0.25, 0.3) is 11.1 Å². The average molecular weight is 205 g/mol. The van der Waals surface area contributed by atoms with E-state index in [1.807, 2.05) is 0 Å². The Balaban J connectivity index is 1.95. The predicted molar refractivity (Wildman–Crippen MR) is 54.7 cm³/mol. The van der Waals surface area contributed by atoms with Gasteiger partial charge in [-0.2, -0.15) is 0 Å². The first-order valence-corrected chi connectivity index (χ1v) is 4.96. The number of nitrogens with zero attached hydrogens (tertiary/aromatic N) is 4. The Bertz CT molecular complexity index is 462. The van der Waals surface area contributed by atoms with E-state index in [1.54, 1.807) is 12.4 Å². The van der Waals surface area contributed by atoms with Crippen LogP contribution in [-0.4, -0.2) is 41.3 Å². The number of anilines is 1. The van der Waals surface area contributed by atoms with Crippen LogP contribution in [0.2, 0.25) is 0 Å². The van der Waals surface area contributed by atoms with Crippen molar-refractivity contribution in [1.82, 2.24) is 20.4 Å². The Morgan fingerprint density at radius 1 is 1.27 bits per heavy atom. The van der Waals surface area contributed by atoms with E-state index in [1.165, 1.54) is 0 Å². The molecule has 0 aromatic carbocycles. The van der Waals surface area contributed by atoms with E-state index < -0.39 is 0 Å². The van der Waals surface area contributed by atoms with Crippen LogP contribution in [-0.2, 0) is 0 Å². The largest absolute Gasteiger partial charge is 0.353 e. The van der Waals surface area contributed by atoms with Gasteiger partial charge in [-0.05, 0) is 0 Å². The molecule has 6 nitrogen and oxygen atoms in total. The van der Waals surface area contributed by atoms with Gasteiger partial charge in [0.15, 0.2) is 0 Å². The normalized spacial score (nSPS) is 17.2. The SMILES string of the molecule is c1noc2cnc(N3CCNCC3)nc12. The first-order chi connectivity index (χ1) is 7.43. The van der Waals surface area contributed by atoms with Crippen molar-refractivity contribution in [1.29, 1.82) is 0 Å². The Kier molecular flexibility index (Phi) is 1.99. The maximum atomic E-state index is 4.95. The number of nitrogens with one attached hydrogen (secondary N) is 1. The zero-order valence-electron chi connectivity index (χ0n) is 8.18. The molecule has 0 bridgehead atoms. The van der Waals surface area contributed by atoms with Gasteiger partial charge in [0.1, 0.15) is 5.52 Å². The Hall–Kier alpha value is -1.69. The molecule has 78 valence electrons. The van der Waals surface area contributed by atoms with Crippen molar-refractivity contribution in [3.63, 3.8) is 0 Å². The van der Waals surface area contributed by atoms with Crippen molar-refractivity contribution < 1.29 is 4.52 Å². The number of fused-ring (bicyclic) bond motifs is 1. The minimum absolute atomic E-state index is 0.633. The lowest BCUT2D eigenvalue weighted by Gasteiger charge is -2.26. The molecule has 3 heterocycles. The predicted octanol–water partition coefficient (Wildman–Crippen LogP) is 0.0274. The summed E-state index contributed by atoms with van der Waals surface area (Å²) in [5, 5.41) is 6.97. The quantitative estimate of drug-likeness (QED) is 0.708. The van der Waals surface area contributed by atoms with Crippen LogP contribution in [0.3, 0.4) is 0 Å².